The third-order valence-electron chi connectivity index (χ3n) is 4.04. The van der Waals surface area contributed by atoms with Gasteiger partial charge >= 0.3 is 5.97 Å². The molecule has 0 atom stereocenters. The Kier molecular flexibility index (Phi) is 4.94. The Morgan fingerprint density at radius 3 is 2.75 bits per heavy atom. The molecule has 0 unspecified atom stereocenters. The van der Waals surface area contributed by atoms with Gasteiger partial charge in [0.25, 0.3) is 5.91 Å². The number of aromatic nitrogens is 1. The van der Waals surface area contributed by atoms with Gasteiger partial charge in [-0.25, -0.2) is 9.78 Å². The van der Waals surface area contributed by atoms with Crippen LogP contribution in [0, 0.1) is 6.92 Å². The van der Waals surface area contributed by atoms with Crippen molar-refractivity contribution in [3.05, 3.63) is 59.0 Å². The second-order valence-corrected chi connectivity index (χ2v) is 6.95. The number of carbonyl (C=O) groups excluding carboxylic acids is 2. The summed E-state index contributed by atoms with van der Waals surface area (Å²) in [4.78, 5) is 28.6. The molecule has 0 aliphatic carbocycles. The molecule has 8 heteroatoms. The van der Waals surface area contributed by atoms with E-state index >= 15 is 0 Å². The van der Waals surface area contributed by atoms with E-state index in [4.69, 9.17) is 14.2 Å². The topological polar surface area (TPSA) is 86.8 Å². The van der Waals surface area contributed by atoms with E-state index in [-0.39, 0.29) is 12.4 Å². The van der Waals surface area contributed by atoms with E-state index in [2.05, 4.69) is 10.3 Å². The van der Waals surface area contributed by atoms with Gasteiger partial charge in [-0.15, -0.1) is 11.3 Å². The molecule has 1 aromatic heterocycles. The van der Waals surface area contributed by atoms with Crippen molar-refractivity contribution in [2.24, 2.45) is 0 Å². The minimum absolute atomic E-state index is 0.120. The fraction of sp³-hybridized carbons (Fsp3) is 0.150. The van der Waals surface area contributed by atoms with Crippen LogP contribution in [0.15, 0.2) is 47.8 Å². The van der Waals surface area contributed by atoms with Crippen LogP contribution >= 0.6 is 11.3 Å². The number of benzene rings is 2. The van der Waals surface area contributed by atoms with Crippen LogP contribution in [0.5, 0.6) is 11.5 Å². The zero-order valence-electron chi connectivity index (χ0n) is 14.9. The Balaban J connectivity index is 1.32. The summed E-state index contributed by atoms with van der Waals surface area (Å²) in [6.07, 6.45) is 0. The number of esters is 1. The molecule has 0 saturated carbocycles. The molecule has 2 heterocycles. The number of amides is 1. The van der Waals surface area contributed by atoms with E-state index < -0.39 is 18.5 Å². The molecular formula is C20H16N2O5S. The number of thiazole rings is 1. The first kappa shape index (κ1) is 18.0. The van der Waals surface area contributed by atoms with Crippen LogP contribution in [0.1, 0.15) is 15.9 Å². The smallest absolute Gasteiger partial charge is 0.338 e. The molecule has 1 amide bonds. The molecule has 28 heavy (non-hydrogen) atoms. The summed E-state index contributed by atoms with van der Waals surface area (Å²) >= 11 is 1.31. The Bertz CT molecular complexity index is 1030. The molecule has 3 aromatic rings. The highest BCUT2D eigenvalue weighted by Gasteiger charge is 2.18. The van der Waals surface area contributed by atoms with Crippen LogP contribution < -0.4 is 14.8 Å². The van der Waals surface area contributed by atoms with Crippen molar-refractivity contribution in [2.75, 3.05) is 18.7 Å². The van der Waals surface area contributed by atoms with E-state index in [9.17, 15) is 9.59 Å². The standard InChI is InChI=1S/C20H16N2O5S/c1-12-2-4-13(5-3-12)15-10-28-20(21-15)22-18(23)9-25-19(24)14-6-7-16-17(8-14)27-11-26-16/h2-8,10H,9,11H2,1H3,(H,21,22,23). The molecule has 142 valence electrons. The molecule has 4 rings (SSSR count). The number of anilines is 1. The Labute approximate surface area is 164 Å². The number of hydrogen-bond donors (Lipinski definition) is 1. The van der Waals surface area contributed by atoms with Crippen LogP contribution in [0.4, 0.5) is 5.13 Å². The highest BCUT2D eigenvalue weighted by molar-refractivity contribution is 7.14. The van der Waals surface area contributed by atoms with Gasteiger partial charge in [-0.05, 0) is 25.1 Å². The second kappa shape index (κ2) is 7.69. The highest BCUT2D eigenvalue weighted by Crippen LogP contribution is 2.32. The number of nitrogens with one attached hydrogen (secondary N) is 1. The lowest BCUT2D eigenvalue weighted by Crippen LogP contribution is -2.20. The van der Waals surface area contributed by atoms with Crippen molar-refractivity contribution in [1.82, 2.24) is 4.98 Å². The lowest BCUT2D eigenvalue weighted by Gasteiger charge is -2.05. The van der Waals surface area contributed by atoms with E-state index in [1.165, 1.54) is 17.4 Å². The summed E-state index contributed by atoms with van der Waals surface area (Å²) < 4.78 is 15.5. The molecule has 1 aliphatic rings. The second-order valence-electron chi connectivity index (χ2n) is 6.10. The quantitative estimate of drug-likeness (QED) is 0.663. The van der Waals surface area contributed by atoms with Crippen molar-refractivity contribution in [3.63, 3.8) is 0 Å². The highest BCUT2D eigenvalue weighted by atomic mass is 32.1. The van der Waals surface area contributed by atoms with Crippen molar-refractivity contribution in [2.45, 2.75) is 6.92 Å². The van der Waals surface area contributed by atoms with Gasteiger partial charge in [0, 0.05) is 10.9 Å². The minimum atomic E-state index is -0.618. The summed E-state index contributed by atoms with van der Waals surface area (Å²) in [5, 5.41) is 4.94. The molecule has 1 aliphatic heterocycles. The molecule has 0 radical (unpaired) electrons. The first-order valence-corrected chi connectivity index (χ1v) is 9.35. The minimum Gasteiger partial charge on any atom is -0.454 e. The maximum absolute atomic E-state index is 12.1. The van der Waals surface area contributed by atoms with Crippen molar-refractivity contribution in [3.8, 4) is 22.8 Å². The lowest BCUT2D eigenvalue weighted by atomic mass is 10.1. The van der Waals surface area contributed by atoms with Crippen LogP contribution in [0.25, 0.3) is 11.3 Å². The molecule has 2 aromatic carbocycles. The van der Waals surface area contributed by atoms with Gasteiger partial charge in [-0.2, -0.15) is 0 Å². The monoisotopic (exact) mass is 396 g/mol. The maximum Gasteiger partial charge on any atom is 0.338 e. The van der Waals surface area contributed by atoms with Crippen LogP contribution in [-0.4, -0.2) is 30.3 Å². The Hall–Kier alpha value is -3.39. The summed E-state index contributed by atoms with van der Waals surface area (Å²) in [6.45, 7) is 1.72. The molecule has 0 spiro atoms. The van der Waals surface area contributed by atoms with Crippen molar-refractivity contribution >= 4 is 28.3 Å². The van der Waals surface area contributed by atoms with Gasteiger partial charge in [0.1, 0.15) is 0 Å². The van der Waals surface area contributed by atoms with Gasteiger partial charge in [0.05, 0.1) is 11.3 Å². The van der Waals surface area contributed by atoms with Gasteiger partial charge in [-0.3, -0.25) is 10.1 Å². The van der Waals surface area contributed by atoms with Gasteiger partial charge < -0.3 is 14.2 Å². The first-order valence-electron chi connectivity index (χ1n) is 8.48. The zero-order valence-corrected chi connectivity index (χ0v) is 15.7. The maximum atomic E-state index is 12.1. The van der Waals surface area contributed by atoms with Crippen molar-refractivity contribution in [1.29, 1.82) is 0 Å². The van der Waals surface area contributed by atoms with Gasteiger partial charge in [-0.1, -0.05) is 29.8 Å². The fourth-order valence-corrected chi connectivity index (χ4v) is 3.32. The number of ether oxygens (including phenoxy) is 3. The van der Waals surface area contributed by atoms with Gasteiger partial charge in [0.15, 0.2) is 23.2 Å². The Morgan fingerprint density at radius 1 is 1.14 bits per heavy atom. The first-order chi connectivity index (χ1) is 13.6. The summed E-state index contributed by atoms with van der Waals surface area (Å²) in [6, 6.07) is 12.7. The molecule has 0 saturated heterocycles. The third-order valence-corrected chi connectivity index (χ3v) is 4.80. The molecule has 0 bridgehead atoms. The average molecular weight is 396 g/mol. The SMILES string of the molecule is Cc1ccc(-c2csc(NC(=O)COC(=O)c3ccc4c(c3)OCO4)n2)cc1. The molecule has 0 fully saturated rings. The summed E-state index contributed by atoms with van der Waals surface area (Å²) in [7, 11) is 0. The molecular weight excluding hydrogens is 380 g/mol. The number of nitrogens with zero attached hydrogens (tertiary/aromatic N) is 1. The Morgan fingerprint density at radius 2 is 1.93 bits per heavy atom. The summed E-state index contributed by atoms with van der Waals surface area (Å²) in [5.41, 5.74) is 3.19. The van der Waals surface area contributed by atoms with Crippen molar-refractivity contribution < 1.29 is 23.8 Å². The number of carbonyl (C=O) groups is 2. The van der Waals surface area contributed by atoms with E-state index in [0.717, 1.165) is 16.8 Å². The lowest BCUT2D eigenvalue weighted by molar-refractivity contribution is -0.119. The normalized spacial score (nSPS) is 11.9. The number of hydrogen-bond acceptors (Lipinski definition) is 7. The van der Waals surface area contributed by atoms with Crippen LogP contribution in [0.3, 0.4) is 0 Å². The summed E-state index contributed by atoms with van der Waals surface area (Å²) in [5.74, 6) is -0.0281. The zero-order chi connectivity index (χ0) is 19.5. The molecule has 1 N–H and O–H groups in total. The van der Waals surface area contributed by atoms with E-state index in [1.807, 2.05) is 36.6 Å². The predicted molar refractivity (Wildman–Crippen MR) is 104 cm³/mol. The van der Waals surface area contributed by atoms with Crippen LogP contribution in [0.2, 0.25) is 0 Å². The van der Waals surface area contributed by atoms with E-state index in [1.54, 1.807) is 12.1 Å². The van der Waals surface area contributed by atoms with Gasteiger partial charge in [0.2, 0.25) is 6.79 Å². The largest absolute Gasteiger partial charge is 0.454 e. The third kappa shape index (κ3) is 3.96. The van der Waals surface area contributed by atoms with Crippen LogP contribution in [-0.2, 0) is 9.53 Å². The average Bonchev–Trinajstić information content (AvgIpc) is 3.35. The number of fused-ring (bicyclic) bond motifs is 1. The predicted octanol–water partition coefficient (Wildman–Crippen LogP) is 3.64. The fourth-order valence-electron chi connectivity index (χ4n) is 2.58. The number of rotatable bonds is 5. The molecule has 7 nitrogen and oxygen atoms in total. The van der Waals surface area contributed by atoms with E-state index in [0.29, 0.717) is 16.6 Å². The number of aryl methyl sites for hydroxylation is 1.